The number of ether oxygens (including phenoxy) is 2. The first-order chi connectivity index (χ1) is 30.8. The molecule has 0 radical (unpaired) electrons. The first-order valence-electron chi connectivity index (χ1n) is 23.3. The van der Waals surface area contributed by atoms with Crippen LogP contribution in [0.5, 0.6) is 0 Å². The van der Waals surface area contributed by atoms with Gasteiger partial charge in [0.05, 0.1) is 37.7 Å². The number of carboxylic acids is 2. The number of nitrogens with one attached hydrogen (secondary N) is 5. The lowest BCUT2D eigenvalue weighted by atomic mass is 9.73. The lowest BCUT2D eigenvalue weighted by Gasteiger charge is -2.33. The van der Waals surface area contributed by atoms with Crippen LogP contribution >= 0.6 is 23.5 Å². The van der Waals surface area contributed by atoms with Crippen molar-refractivity contribution in [2.24, 2.45) is 16.7 Å². The Hall–Kier alpha value is -3.62. The molecule has 0 rings (SSSR count). The second-order valence-corrected chi connectivity index (χ2v) is 21.9. The van der Waals surface area contributed by atoms with Gasteiger partial charge in [0, 0.05) is 69.5 Å². The van der Waals surface area contributed by atoms with Gasteiger partial charge < -0.3 is 51.2 Å². The molecule has 0 fully saturated rings. The molecule has 0 aliphatic rings. The van der Waals surface area contributed by atoms with Crippen molar-refractivity contribution in [2.75, 3.05) is 76.4 Å². The van der Waals surface area contributed by atoms with Gasteiger partial charge in [-0.3, -0.25) is 33.6 Å². The van der Waals surface area contributed by atoms with E-state index in [-0.39, 0.29) is 107 Å². The van der Waals surface area contributed by atoms with Gasteiger partial charge in [0.1, 0.15) is 6.04 Å². The Morgan fingerprint density at radius 1 is 0.697 bits per heavy atom. The molecule has 0 aromatic carbocycles. The number of hydrogen-bond acceptors (Lipinski definition) is 12. The van der Waals surface area contributed by atoms with Crippen LogP contribution in [0.2, 0.25) is 0 Å². The van der Waals surface area contributed by atoms with Crippen molar-refractivity contribution < 1.29 is 58.0 Å². The lowest BCUT2D eigenvalue weighted by Crippen LogP contribution is -2.48. The molecule has 0 aromatic rings. The number of nitrogens with zero attached hydrogens (tertiary/aromatic N) is 1. The van der Waals surface area contributed by atoms with Crippen LogP contribution in [0.1, 0.15) is 133 Å². The molecule has 20 heteroatoms. The number of unbranched alkanes of at least 4 members (excludes halogenated alkanes) is 1. The Morgan fingerprint density at radius 3 is 1.88 bits per heavy atom. The van der Waals surface area contributed by atoms with Crippen LogP contribution in [0.25, 0.3) is 0 Å². The monoisotopic (exact) mass is 977 g/mol. The molecular weight excluding hydrogens is 893 g/mol. The number of hydrogen-bond donors (Lipinski definition) is 7. The van der Waals surface area contributed by atoms with Crippen molar-refractivity contribution in [3.05, 3.63) is 0 Å². The van der Waals surface area contributed by atoms with Gasteiger partial charge in [0.15, 0.2) is 0 Å². The number of aliphatic carboxylic acids is 2. The number of carbonyl (C=O) groups excluding carboxylic acids is 6. The zero-order valence-corrected chi connectivity index (χ0v) is 43.2. The molecular formula is C46H84N6O12S2. The second-order valence-electron chi connectivity index (χ2n) is 19.1. The SMILES string of the molecule is CCSCC(=O)NCCN(CCNC(=O)CSC(C)C)C(=O)CCC(=O)NCC(C)CCOCCOCCC(=O)NC(C)(C)CCCC[C@H](NC(=O)C(C)(C)CC(C)(C)CC(=O)O)C(=O)O. The second kappa shape index (κ2) is 33.8. The van der Waals surface area contributed by atoms with Crippen molar-refractivity contribution in [1.29, 1.82) is 0 Å². The average molecular weight is 977 g/mol. The molecule has 1 unspecified atom stereocenters. The summed E-state index contributed by atoms with van der Waals surface area (Å²) < 4.78 is 11.3. The fourth-order valence-electron chi connectivity index (χ4n) is 6.97. The number of carbonyl (C=O) groups is 8. The van der Waals surface area contributed by atoms with Crippen molar-refractivity contribution in [2.45, 2.75) is 150 Å². The van der Waals surface area contributed by atoms with Crippen molar-refractivity contribution in [1.82, 2.24) is 31.5 Å². The van der Waals surface area contributed by atoms with Crippen molar-refractivity contribution in [3.63, 3.8) is 0 Å². The molecule has 0 spiro atoms. The Kier molecular flexibility index (Phi) is 31.9. The first-order valence-corrected chi connectivity index (χ1v) is 25.5. The highest BCUT2D eigenvalue weighted by molar-refractivity contribution is 8.00. The predicted molar refractivity (Wildman–Crippen MR) is 260 cm³/mol. The van der Waals surface area contributed by atoms with Gasteiger partial charge in [-0.2, -0.15) is 11.8 Å². The maximum Gasteiger partial charge on any atom is 0.326 e. The smallest absolute Gasteiger partial charge is 0.326 e. The van der Waals surface area contributed by atoms with Gasteiger partial charge in [0.2, 0.25) is 35.4 Å². The van der Waals surface area contributed by atoms with Crippen LogP contribution < -0.4 is 26.6 Å². The van der Waals surface area contributed by atoms with E-state index in [1.807, 2.05) is 41.5 Å². The summed E-state index contributed by atoms with van der Waals surface area (Å²) in [7, 11) is 0. The number of carboxylic acid groups (broad SMARTS) is 2. The molecule has 0 saturated carbocycles. The van der Waals surface area contributed by atoms with Crippen LogP contribution in [-0.4, -0.2) is 156 Å². The van der Waals surface area contributed by atoms with Gasteiger partial charge >= 0.3 is 11.9 Å². The molecule has 6 amide bonds. The molecule has 2 atom stereocenters. The van der Waals surface area contributed by atoms with E-state index in [4.69, 9.17) is 9.47 Å². The fraction of sp³-hybridized carbons (Fsp3) is 0.826. The summed E-state index contributed by atoms with van der Waals surface area (Å²) in [6, 6.07) is -1.09. The topological polar surface area (TPSA) is 259 Å². The highest BCUT2D eigenvalue weighted by Crippen LogP contribution is 2.36. The minimum atomic E-state index is -1.14. The summed E-state index contributed by atoms with van der Waals surface area (Å²) in [4.78, 5) is 100. The quantitative estimate of drug-likeness (QED) is 0.0426. The van der Waals surface area contributed by atoms with E-state index < -0.39 is 40.3 Å². The van der Waals surface area contributed by atoms with Crippen LogP contribution in [0.15, 0.2) is 0 Å². The maximum absolute atomic E-state index is 13.1. The molecule has 18 nitrogen and oxygen atoms in total. The van der Waals surface area contributed by atoms with E-state index in [1.54, 1.807) is 32.6 Å². The summed E-state index contributed by atoms with van der Waals surface area (Å²) in [6.45, 7) is 21.5. The van der Waals surface area contributed by atoms with Crippen molar-refractivity contribution in [3.8, 4) is 0 Å². The highest BCUT2D eigenvalue weighted by Gasteiger charge is 2.37. The number of rotatable bonds is 39. The summed E-state index contributed by atoms with van der Waals surface area (Å²) in [6.07, 6.45) is 2.93. The molecule has 0 aromatic heterocycles. The summed E-state index contributed by atoms with van der Waals surface area (Å²) in [5.41, 5.74) is -2.17. The third kappa shape index (κ3) is 33.0. The number of amides is 6. The van der Waals surface area contributed by atoms with Gasteiger partial charge in [-0.05, 0) is 61.9 Å². The predicted octanol–water partition coefficient (Wildman–Crippen LogP) is 4.23. The van der Waals surface area contributed by atoms with E-state index in [1.165, 1.54) is 23.5 Å². The molecule has 382 valence electrons. The minimum Gasteiger partial charge on any atom is -0.481 e. The van der Waals surface area contributed by atoms with Gasteiger partial charge in [-0.15, -0.1) is 11.8 Å². The standard InChI is InChI=1S/C46H84N6O12S2/c1-11-65-30-38(55)47-20-22-52(23-21-48-39(56)31-66-33(2)3)40(57)16-15-36(53)49-29-34(4)17-24-63-26-27-64-25-18-37(54)51-46(9,10)19-13-12-14-35(42(60)61)50-43(62)45(7,8)32-44(5,6)28-41(58)59/h33-35H,11-32H2,1-10H3,(H,47,55)(H,48,56)(H,49,53)(H,50,62)(H,51,54)(H,58,59)(H,60,61)/t34?,35-/m0/s1. The average Bonchev–Trinajstić information content (AvgIpc) is 3.20. The summed E-state index contributed by atoms with van der Waals surface area (Å²) in [5, 5.41) is 33.4. The minimum absolute atomic E-state index is 0.000436. The molecule has 0 aliphatic heterocycles. The normalized spacial score (nSPS) is 12.8. The maximum atomic E-state index is 13.1. The van der Waals surface area contributed by atoms with Gasteiger partial charge in [-0.1, -0.05) is 68.2 Å². The van der Waals surface area contributed by atoms with Gasteiger partial charge in [0.25, 0.3) is 0 Å². The van der Waals surface area contributed by atoms with Crippen molar-refractivity contribution >= 4 is 70.9 Å². The Labute approximate surface area is 402 Å². The largest absolute Gasteiger partial charge is 0.481 e. The third-order valence-corrected chi connectivity index (χ3v) is 12.3. The van der Waals surface area contributed by atoms with Gasteiger partial charge in [-0.25, -0.2) is 4.79 Å². The zero-order chi connectivity index (χ0) is 50.3. The van der Waals surface area contributed by atoms with E-state index in [9.17, 15) is 48.6 Å². The van der Waals surface area contributed by atoms with E-state index in [0.717, 1.165) is 5.75 Å². The molecule has 0 heterocycles. The zero-order valence-electron chi connectivity index (χ0n) is 41.5. The van der Waals surface area contributed by atoms with Crippen LogP contribution in [-0.2, 0) is 47.8 Å². The van der Waals surface area contributed by atoms with Crippen LogP contribution in [0, 0.1) is 16.7 Å². The molecule has 7 N–H and O–H groups in total. The summed E-state index contributed by atoms with van der Waals surface area (Å²) in [5.74, 6) is -1.81. The molecule has 0 bridgehead atoms. The van der Waals surface area contributed by atoms with E-state index in [2.05, 4.69) is 26.6 Å². The molecule has 0 aliphatic carbocycles. The third-order valence-electron chi connectivity index (χ3n) is 10.4. The highest BCUT2D eigenvalue weighted by atomic mass is 32.2. The molecule has 66 heavy (non-hydrogen) atoms. The Morgan fingerprint density at radius 2 is 1.30 bits per heavy atom. The van der Waals surface area contributed by atoms with Crippen LogP contribution in [0.4, 0.5) is 0 Å². The molecule has 0 saturated heterocycles. The Balaban J connectivity index is 4.43. The first kappa shape index (κ1) is 62.4. The Bertz CT molecular complexity index is 1510. The van der Waals surface area contributed by atoms with E-state index >= 15 is 0 Å². The fourth-order valence-corrected chi connectivity index (χ4v) is 8.05. The number of thioether (sulfide) groups is 2. The lowest BCUT2D eigenvalue weighted by molar-refractivity contribution is -0.144. The van der Waals surface area contributed by atoms with E-state index in [0.29, 0.717) is 68.8 Å². The van der Waals surface area contributed by atoms with Crippen LogP contribution in [0.3, 0.4) is 0 Å². The summed E-state index contributed by atoms with van der Waals surface area (Å²) >= 11 is 3.04.